The van der Waals surface area contributed by atoms with Crippen LogP contribution in [0.1, 0.15) is 30.5 Å². The van der Waals surface area contributed by atoms with Crippen molar-refractivity contribution in [3.05, 3.63) is 35.1 Å². The van der Waals surface area contributed by atoms with Crippen LogP contribution in [-0.4, -0.2) is 18.4 Å². The molecule has 1 heterocycles. The van der Waals surface area contributed by atoms with Crippen LogP contribution in [0.25, 0.3) is 0 Å². The molecule has 2 rings (SSSR count). The predicted octanol–water partition coefficient (Wildman–Crippen LogP) is 1.66. The normalized spacial score (nSPS) is 20.9. The summed E-state index contributed by atoms with van der Waals surface area (Å²) in [5.74, 6) is 0.0710. The number of carbonyl (C=O) groups is 1. The molecule has 0 saturated carbocycles. The van der Waals surface area contributed by atoms with Gasteiger partial charge >= 0.3 is 0 Å². The van der Waals surface area contributed by atoms with E-state index < -0.39 is 6.04 Å². The summed E-state index contributed by atoms with van der Waals surface area (Å²) in [6.45, 7) is 4.36. The maximum Gasteiger partial charge on any atom is 0.253 e. The molecule has 0 spiro atoms. The molecule has 1 fully saturated rings. The van der Waals surface area contributed by atoms with E-state index in [0.29, 0.717) is 18.1 Å². The Kier molecular flexibility index (Phi) is 3.60. The number of halogens is 1. The van der Waals surface area contributed by atoms with Gasteiger partial charge in [0, 0.05) is 6.54 Å². The summed E-state index contributed by atoms with van der Waals surface area (Å²) < 4.78 is 13.2. The highest BCUT2D eigenvalue weighted by molar-refractivity contribution is 6.06. The number of aryl methyl sites for hydroxylation is 1. The van der Waals surface area contributed by atoms with E-state index in [0.717, 1.165) is 12.0 Å². The van der Waals surface area contributed by atoms with Crippen molar-refractivity contribution in [2.75, 3.05) is 6.54 Å². The summed E-state index contributed by atoms with van der Waals surface area (Å²) in [6, 6.07) is 4.18. The van der Waals surface area contributed by atoms with E-state index in [-0.39, 0.29) is 11.7 Å². The van der Waals surface area contributed by atoms with E-state index in [2.05, 4.69) is 15.6 Å². The van der Waals surface area contributed by atoms with Crippen molar-refractivity contribution in [1.29, 1.82) is 0 Å². The molecular weight excluding hydrogens is 233 g/mol. The number of guanidine groups is 1. The second-order valence-corrected chi connectivity index (χ2v) is 4.31. The Bertz CT molecular complexity index is 499. The van der Waals surface area contributed by atoms with Crippen molar-refractivity contribution in [1.82, 2.24) is 10.6 Å². The molecule has 1 aliphatic rings. The molecule has 1 amide bonds. The summed E-state index contributed by atoms with van der Waals surface area (Å²) in [7, 11) is 0. The van der Waals surface area contributed by atoms with Gasteiger partial charge in [0.1, 0.15) is 11.9 Å². The third-order valence-electron chi connectivity index (χ3n) is 2.79. The fraction of sp³-hybridized carbons (Fsp3) is 0.385. The lowest BCUT2D eigenvalue weighted by molar-refractivity contribution is -0.120. The van der Waals surface area contributed by atoms with Crippen LogP contribution in [0.15, 0.2) is 23.2 Å². The first-order valence-electron chi connectivity index (χ1n) is 5.99. The Balaban J connectivity index is 2.19. The van der Waals surface area contributed by atoms with E-state index in [9.17, 15) is 9.18 Å². The number of hydrogen-bond donors (Lipinski definition) is 2. The quantitative estimate of drug-likeness (QED) is 0.856. The molecule has 1 aromatic rings. The number of carbonyl (C=O) groups excluding carboxylic acids is 1. The van der Waals surface area contributed by atoms with Crippen LogP contribution in [0.5, 0.6) is 0 Å². The van der Waals surface area contributed by atoms with Crippen LogP contribution in [0.4, 0.5) is 4.39 Å². The molecule has 2 N–H and O–H groups in total. The van der Waals surface area contributed by atoms with Crippen molar-refractivity contribution in [3.8, 4) is 0 Å². The van der Waals surface area contributed by atoms with Gasteiger partial charge in [0.25, 0.3) is 5.91 Å². The van der Waals surface area contributed by atoms with Gasteiger partial charge in [-0.3, -0.25) is 15.1 Å². The number of hydrogen-bond acceptors (Lipinski definition) is 2. The maximum atomic E-state index is 13.2. The topological polar surface area (TPSA) is 53.5 Å². The fourth-order valence-electron chi connectivity index (χ4n) is 1.82. The summed E-state index contributed by atoms with van der Waals surface area (Å²) in [5.41, 5.74) is 1.27. The number of amides is 1. The highest BCUT2D eigenvalue weighted by Gasteiger charge is 2.29. The zero-order valence-electron chi connectivity index (χ0n) is 10.5. The molecule has 1 saturated heterocycles. The second-order valence-electron chi connectivity index (χ2n) is 4.31. The van der Waals surface area contributed by atoms with Crippen LogP contribution in [-0.2, 0) is 4.79 Å². The monoisotopic (exact) mass is 249 g/mol. The van der Waals surface area contributed by atoms with Gasteiger partial charge < -0.3 is 5.32 Å². The lowest BCUT2D eigenvalue weighted by atomic mass is 10.0. The first-order chi connectivity index (χ1) is 8.61. The maximum absolute atomic E-state index is 13.2. The lowest BCUT2D eigenvalue weighted by Gasteiger charge is -2.09. The number of aliphatic imine (C=N–C) groups is 1. The molecule has 0 aliphatic carbocycles. The molecule has 18 heavy (non-hydrogen) atoms. The first-order valence-corrected chi connectivity index (χ1v) is 5.99. The Morgan fingerprint density at radius 2 is 2.22 bits per heavy atom. The third kappa shape index (κ3) is 2.50. The zero-order chi connectivity index (χ0) is 13.1. The fourth-order valence-corrected chi connectivity index (χ4v) is 1.82. The minimum Gasteiger partial charge on any atom is -0.340 e. The van der Waals surface area contributed by atoms with Crippen LogP contribution >= 0.6 is 0 Å². The molecule has 1 aromatic carbocycles. The zero-order valence-corrected chi connectivity index (χ0v) is 10.5. The molecule has 0 aromatic heterocycles. The van der Waals surface area contributed by atoms with Gasteiger partial charge in [0.05, 0.1) is 0 Å². The molecule has 1 atom stereocenters. The molecule has 1 aliphatic heterocycles. The average Bonchev–Trinajstić information content (AvgIpc) is 2.71. The van der Waals surface area contributed by atoms with Gasteiger partial charge in [-0.05, 0) is 30.5 Å². The average molecular weight is 249 g/mol. The molecule has 0 bridgehead atoms. The van der Waals surface area contributed by atoms with Crippen molar-refractivity contribution in [3.63, 3.8) is 0 Å². The minimum absolute atomic E-state index is 0.157. The molecule has 96 valence electrons. The van der Waals surface area contributed by atoms with Crippen molar-refractivity contribution < 1.29 is 9.18 Å². The third-order valence-corrected chi connectivity index (χ3v) is 2.79. The van der Waals surface area contributed by atoms with Gasteiger partial charge in [-0.2, -0.15) is 0 Å². The van der Waals surface area contributed by atoms with E-state index in [1.54, 1.807) is 19.1 Å². The Morgan fingerprint density at radius 3 is 2.89 bits per heavy atom. The van der Waals surface area contributed by atoms with E-state index in [1.807, 2.05) is 6.92 Å². The summed E-state index contributed by atoms with van der Waals surface area (Å²) >= 11 is 0. The smallest absolute Gasteiger partial charge is 0.253 e. The molecule has 4 nitrogen and oxygen atoms in total. The van der Waals surface area contributed by atoms with E-state index in [4.69, 9.17) is 0 Å². The molecule has 5 heteroatoms. The van der Waals surface area contributed by atoms with Crippen LogP contribution in [0, 0.1) is 12.7 Å². The van der Waals surface area contributed by atoms with Gasteiger partial charge in [0.15, 0.2) is 5.96 Å². The highest BCUT2D eigenvalue weighted by Crippen LogP contribution is 2.19. The van der Waals surface area contributed by atoms with E-state index >= 15 is 0 Å². The summed E-state index contributed by atoms with van der Waals surface area (Å²) in [4.78, 5) is 16.0. The van der Waals surface area contributed by atoms with Gasteiger partial charge in [-0.1, -0.05) is 19.1 Å². The molecule has 1 unspecified atom stereocenters. The van der Waals surface area contributed by atoms with E-state index in [1.165, 1.54) is 6.07 Å². The SMILES string of the molecule is CCCN=C1NC(=O)C(c2ccc(F)c(C)c2)N1. The Labute approximate surface area is 105 Å². The summed E-state index contributed by atoms with van der Waals surface area (Å²) in [5, 5.41) is 5.68. The van der Waals surface area contributed by atoms with Crippen molar-refractivity contribution >= 4 is 11.9 Å². The standard InChI is InChI=1S/C13H16FN3O/c1-3-6-15-13-16-11(12(18)17-13)9-4-5-10(14)8(2)7-9/h4-5,7,11H,3,6H2,1-2H3,(H2,15,16,17,18). The number of nitrogens with zero attached hydrogens (tertiary/aromatic N) is 1. The lowest BCUT2D eigenvalue weighted by Crippen LogP contribution is -2.25. The summed E-state index contributed by atoms with van der Waals surface area (Å²) in [6.07, 6.45) is 0.918. The molecule has 0 radical (unpaired) electrons. The molecular formula is C13H16FN3O. The first kappa shape index (κ1) is 12.5. The minimum atomic E-state index is -0.486. The number of benzene rings is 1. The Morgan fingerprint density at radius 1 is 1.44 bits per heavy atom. The van der Waals surface area contributed by atoms with Gasteiger partial charge in [0.2, 0.25) is 0 Å². The highest BCUT2D eigenvalue weighted by atomic mass is 19.1. The second kappa shape index (κ2) is 5.16. The van der Waals surface area contributed by atoms with Crippen LogP contribution in [0.3, 0.4) is 0 Å². The van der Waals surface area contributed by atoms with Crippen molar-refractivity contribution in [2.45, 2.75) is 26.3 Å². The number of rotatable bonds is 3. The number of nitrogens with one attached hydrogen (secondary N) is 2. The van der Waals surface area contributed by atoms with Crippen molar-refractivity contribution in [2.24, 2.45) is 4.99 Å². The predicted molar refractivity (Wildman–Crippen MR) is 67.7 cm³/mol. The largest absolute Gasteiger partial charge is 0.340 e. The van der Waals surface area contributed by atoms with Crippen LogP contribution in [0.2, 0.25) is 0 Å². The Hall–Kier alpha value is -1.91. The van der Waals surface area contributed by atoms with Crippen LogP contribution < -0.4 is 10.6 Å². The van der Waals surface area contributed by atoms with Gasteiger partial charge in [-0.15, -0.1) is 0 Å². The van der Waals surface area contributed by atoms with Gasteiger partial charge in [-0.25, -0.2) is 4.39 Å².